The Bertz CT molecular complexity index is 547. The van der Waals surface area contributed by atoms with E-state index in [4.69, 9.17) is 0 Å². The number of anilines is 1. The Morgan fingerprint density at radius 1 is 1.56 bits per heavy atom. The van der Waals surface area contributed by atoms with Crippen molar-refractivity contribution >= 4 is 31.8 Å². The van der Waals surface area contributed by atoms with E-state index in [1.165, 1.54) is 0 Å². The summed E-state index contributed by atoms with van der Waals surface area (Å²) in [7, 11) is -1.86. The number of pyridine rings is 1. The minimum Gasteiger partial charge on any atom is -0.372 e. The molecule has 0 spiro atoms. The minimum absolute atomic E-state index is 0.174. The first-order valence-electron chi connectivity index (χ1n) is 5.77. The predicted molar refractivity (Wildman–Crippen MR) is 73.9 cm³/mol. The second-order valence-electron chi connectivity index (χ2n) is 4.58. The zero-order valence-corrected chi connectivity index (χ0v) is 12.7. The summed E-state index contributed by atoms with van der Waals surface area (Å²) in [5.74, 6) is 1.45. The quantitative estimate of drug-likeness (QED) is 0.862. The van der Waals surface area contributed by atoms with Crippen LogP contribution in [0.5, 0.6) is 0 Å². The monoisotopic (exact) mass is 333 g/mol. The number of aromatic nitrogens is 1. The summed E-state index contributed by atoms with van der Waals surface area (Å²) in [6.07, 6.45) is 2.66. The molecule has 2 N–H and O–H groups in total. The van der Waals surface area contributed by atoms with Crippen LogP contribution in [-0.2, 0) is 10.0 Å². The van der Waals surface area contributed by atoms with Crippen molar-refractivity contribution in [3.63, 3.8) is 0 Å². The smallest absolute Gasteiger partial charge is 0.244 e. The number of halogens is 1. The SMILES string of the molecule is CNc1ncc(Br)cc1S(=O)(=O)NCC1CC1C. The molecule has 0 radical (unpaired) electrons. The van der Waals surface area contributed by atoms with Gasteiger partial charge in [-0.15, -0.1) is 0 Å². The van der Waals surface area contributed by atoms with Gasteiger partial charge in [-0.05, 0) is 40.3 Å². The first kappa shape index (κ1) is 13.8. The molecule has 2 unspecified atom stereocenters. The third kappa shape index (κ3) is 3.02. The molecular formula is C11H16BrN3O2S. The molecule has 1 aromatic rings. The van der Waals surface area contributed by atoms with Gasteiger partial charge in [0.05, 0.1) is 0 Å². The molecule has 0 bridgehead atoms. The van der Waals surface area contributed by atoms with E-state index in [0.717, 1.165) is 6.42 Å². The molecule has 1 aromatic heterocycles. The standard InChI is InChI=1S/C11H16BrN3O2S/c1-7-3-8(7)5-15-18(16,17)10-4-9(12)6-14-11(10)13-2/h4,6-8,15H,3,5H2,1-2H3,(H,13,14). The molecule has 0 saturated heterocycles. The molecule has 0 aliphatic heterocycles. The third-order valence-electron chi connectivity index (χ3n) is 3.16. The zero-order valence-electron chi connectivity index (χ0n) is 10.3. The normalized spacial score (nSPS) is 22.8. The molecule has 0 amide bonds. The molecule has 1 aliphatic rings. The van der Waals surface area contributed by atoms with Crippen molar-refractivity contribution in [1.82, 2.24) is 9.71 Å². The Morgan fingerprint density at radius 3 is 2.78 bits per heavy atom. The van der Waals surface area contributed by atoms with Crippen LogP contribution in [0.4, 0.5) is 5.82 Å². The van der Waals surface area contributed by atoms with Crippen LogP contribution >= 0.6 is 15.9 Å². The van der Waals surface area contributed by atoms with E-state index in [2.05, 4.69) is 37.9 Å². The van der Waals surface area contributed by atoms with Crippen LogP contribution in [0.3, 0.4) is 0 Å². The molecule has 1 heterocycles. The van der Waals surface area contributed by atoms with Gasteiger partial charge in [-0.3, -0.25) is 0 Å². The Morgan fingerprint density at radius 2 is 2.22 bits per heavy atom. The highest BCUT2D eigenvalue weighted by Gasteiger charge is 2.33. The maximum atomic E-state index is 12.2. The molecule has 100 valence electrons. The van der Waals surface area contributed by atoms with Crippen LogP contribution in [0.25, 0.3) is 0 Å². The third-order valence-corrected chi connectivity index (χ3v) is 5.03. The van der Waals surface area contributed by atoms with E-state index in [0.29, 0.717) is 28.7 Å². The summed E-state index contributed by atoms with van der Waals surface area (Å²) < 4.78 is 27.7. The van der Waals surface area contributed by atoms with Gasteiger partial charge < -0.3 is 5.32 Å². The predicted octanol–water partition coefficient (Wildman–Crippen LogP) is 1.82. The van der Waals surface area contributed by atoms with E-state index in [-0.39, 0.29) is 4.90 Å². The van der Waals surface area contributed by atoms with Gasteiger partial charge in [0.2, 0.25) is 10.0 Å². The van der Waals surface area contributed by atoms with Crippen LogP contribution in [0.2, 0.25) is 0 Å². The number of hydrogen-bond acceptors (Lipinski definition) is 4. The van der Waals surface area contributed by atoms with Gasteiger partial charge in [0.25, 0.3) is 0 Å². The fourth-order valence-corrected chi connectivity index (χ4v) is 3.55. The second-order valence-corrected chi connectivity index (χ2v) is 7.23. The topological polar surface area (TPSA) is 71.1 Å². The van der Waals surface area contributed by atoms with Crippen LogP contribution in [0.15, 0.2) is 21.6 Å². The first-order chi connectivity index (χ1) is 8.44. The van der Waals surface area contributed by atoms with Gasteiger partial charge in [0.1, 0.15) is 10.7 Å². The lowest BCUT2D eigenvalue weighted by Gasteiger charge is -2.10. The van der Waals surface area contributed by atoms with E-state index in [1.54, 1.807) is 19.3 Å². The molecule has 0 aromatic carbocycles. The second kappa shape index (κ2) is 5.14. The molecule has 18 heavy (non-hydrogen) atoms. The summed E-state index contributed by atoms with van der Waals surface area (Å²) >= 11 is 3.24. The Kier molecular flexibility index (Phi) is 3.93. The highest BCUT2D eigenvalue weighted by atomic mass is 79.9. The van der Waals surface area contributed by atoms with Gasteiger partial charge in [0, 0.05) is 24.3 Å². The van der Waals surface area contributed by atoms with E-state index >= 15 is 0 Å². The van der Waals surface area contributed by atoms with Gasteiger partial charge in [-0.2, -0.15) is 0 Å². The van der Waals surface area contributed by atoms with Crippen molar-refractivity contribution in [2.75, 3.05) is 18.9 Å². The summed E-state index contributed by atoms with van der Waals surface area (Å²) in [5, 5.41) is 2.79. The van der Waals surface area contributed by atoms with Crippen molar-refractivity contribution in [3.8, 4) is 0 Å². The number of nitrogens with one attached hydrogen (secondary N) is 2. The Hall–Kier alpha value is -0.660. The van der Waals surface area contributed by atoms with Gasteiger partial charge in [-0.25, -0.2) is 18.1 Å². The fraction of sp³-hybridized carbons (Fsp3) is 0.545. The summed E-state index contributed by atoms with van der Waals surface area (Å²) in [5.41, 5.74) is 0. The summed E-state index contributed by atoms with van der Waals surface area (Å²) in [4.78, 5) is 4.22. The lowest BCUT2D eigenvalue weighted by Crippen LogP contribution is -2.27. The lowest BCUT2D eigenvalue weighted by molar-refractivity contribution is 0.574. The maximum absolute atomic E-state index is 12.2. The highest BCUT2D eigenvalue weighted by molar-refractivity contribution is 9.10. The van der Waals surface area contributed by atoms with Crippen LogP contribution in [-0.4, -0.2) is 27.0 Å². The van der Waals surface area contributed by atoms with Crippen molar-refractivity contribution < 1.29 is 8.42 Å². The number of nitrogens with zero attached hydrogens (tertiary/aromatic N) is 1. The summed E-state index contributed by atoms with van der Waals surface area (Å²) in [6.45, 7) is 2.62. The molecule has 7 heteroatoms. The first-order valence-corrected chi connectivity index (χ1v) is 8.04. The lowest BCUT2D eigenvalue weighted by atomic mass is 10.3. The number of rotatable bonds is 5. The largest absolute Gasteiger partial charge is 0.372 e. The molecule has 2 rings (SSSR count). The Balaban J connectivity index is 2.20. The Labute approximate surface area is 116 Å². The van der Waals surface area contributed by atoms with Crippen LogP contribution in [0.1, 0.15) is 13.3 Å². The van der Waals surface area contributed by atoms with Gasteiger partial charge in [0.15, 0.2) is 0 Å². The van der Waals surface area contributed by atoms with Crippen molar-refractivity contribution in [3.05, 3.63) is 16.7 Å². The minimum atomic E-state index is -3.51. The van der Waals surface area contributed by atoms with E-state index in [1.807, 2.05) is 0 Å². The zero-order chi connectivity index (χ0) is 13.3. The fourth-order valence-electron chi connectivity index (χ4n) is 1.79. The molecule has 2 atom stereocenters. The average molecular weight is 334 g/mol. The number of hydrogen-bond donors (Lipinski definition) is 2. The van der Waals surface area contributed by atoms with Crippen molar-refractivity contribution in [2.24, 2.45) is 11.8 Å². The summed E-state index contributed by atoms with van der Waals surface area (Å²) in [6, 6.07) is 1.55. The van der Waals surface area contributed by atoms with Crippen LogP contribution < -0.4 is 10.0 Å². The molecule has 1 fully saturated rings. The maximum Gasteiger partial charge on any atom is 0.244 e. The van der Waals surface area contributed by atoms with Gasteiger partial charge >= 0.3 is 0 Å². The molecule has 5 nitrogen and oxygen atoms in total. The molecule has 1 aliphatic carbocycles. The van der Waals surface area contributed by atoms with E-state index < -0.39 is 10.0 Å². The van der Waals surface area contributed by atoms with Crippen molar-refractivity contribution in [1.29, 1.82) is 0 Å². The molecule has 1 saturated carbocycles. The highest BCUT2D eigenvalue weighted by Crippen LogP contribution is 2.37. The van der Waals surface area contributed by atoms with E-state index in [9.17, 15) is 8.42 Å². The average Bonchev–Trinajstić information content (AvgIpc) is 3.03. The van der Waals surface area contributed by atoms with Crippen LogP contribution in [0, 0.1) is 11.8 Å². The molecular weight excluding hydrogens is 318 g/mol. The van der Waals surface area contributed by atoms with Gasteiger partial charge in [-0.1, -0.05) is 6.92 Å². The van der Waals surface area contributed by atoms with Crippen molar-refractivity contribution in [2.45, 2.75) is 18.2 Å². The number of sulfonamides is 1.